The number of carbonyl (C=O) groups excluding carboxylic acids is 1. The Morgan fingerprint density at radius 3 is 2.62 bits per heavy atom. The summed E-state index contributed by atoms with van der Waals surface area (Å²) >= 11 is 0. The Labute approximate surface area is 197 Å². The van der Waals surface area contributed by atoms with Gasteiger partial charge in [-0.25, -0.2) is 0 Å². The second-order valence-electron chi connectivity index (χ2n) is 8.21. The lowest BCUT2D eigenvalue weighted by Crippen LogP contribution is -2.40. The first-order valence-electron chi connectivity index (χ1n) is 11.2. The van der Waals surface area contributed by atoms with Gasteiger partial charge in [0.25, 0.3) is 0 Å². The summed E-state index contributed by atoms with van der Waals surface area (Å²) in [6.45, 7) is 4.84. The third-order valence-corrected chi connectivity index (χ3v) is 6.07. The maximum atomic E-state index is 12.2. The largest absolute Gasteiger partial charge is 0.457 e. The highest BCUT2D eigenvalue weighted by molar-refractivity contribution is 5.95. The third-order valence-electron chi connectivity index (χ3n) is 6.07. The summed E-state index contributed by atoms with van der Waals surface area (Å²) < 4.78 is 7.82. The summed E-state index contributed by atoms with van der Waals surface area (Å²) in [6, 6.07) is 19.5. The molecule has 34 heavy (non-hydrogen) atoms. The number of para-hydroxylation sites is 1. The molecule has 2 aromatic carbocycles. The fourth-order valence-corrected chi connectivity index (χ4v) is 4.43. The van der Waals surface area contributed by atoms with Crippen molar-refractivity contribution in [2.45, 2.75) is 18.9 Å². The van der Waals surface area contributed by atoms with Crippen molar-refractivity contribution in [1.82, 2.24) is 19.7 Å². The topological polar surface area (TPSA) is 84.0 Å². The van der Waals surface area contributed by atoms with Crippen molar-refractivity contribution in [1.29, 1.82) is 5.26 Å². The molecule has 1 aliphatic heterocycles. The van der Waals surface area contributed by atoms with Crippen molar-refractivity contribution in [2.75, 3.05) is 13.1 Å². The van der Waals surface area contributed by atoms with Crippen LogP contribution in [0, 0.1) is 11.3 Å². The molecule has 1 fully saturated rings. The zero-order valence-electron chi connectivity index (χ0n) is 18.6. The number of fused-ring (bicyclic) bond motifs is 1. The van der Waals surface area contributed by atoms with Crippen molar-refractivity contribution in [3.05, 3.63) is 85.2 Å². The van der Waals surface area contributed by atoms with Crippen molar-refractivity contribution in [3.8, 4) is 28.8 Å². The van der Waals surface area contributed by atoms with Gasteiger partial charge in [0.1, 0.15) is 23.3 Å². The van der Waals surface area contributed by atoms with Crippen LogP contribution in [0.4, 0.5) is 0 Å². The van der Waals surface area contributed by atoms with Crippen molar-refractivity contribution < 1.29 is 9.53 Å². The smallest absolute Gasteiger partial charge is 0.246 e. The molecule has 168 valence electrons. The second kappa shape index (κ2) is 9.20. The number of hydrogen-bond donors (Lipinski definition) is 0. The van der Waals surface area contributed by atoms with E-state index in [1.807, 2.05) is 59.3 Å². The van der Waals surface area contributed by atoms with Crippen LogP contribution < -0.4 is 4.74 Å². The first-order valence-corrected chi connectivity index (χ1v) is 11.2. The molecule has 0 saturated carbocycles. The Morgan fingerprint density at radius 1 is 1.12 bits per heavy atom. The first-order chi connectivity index (χ1) is 16.7. The first kappa shape index (κ1) is 21.4. The van der Waals surface area contributed by atoms with Gasteiger partial charge in [0, 0.05) is 36.4 Å². The number of carbonyl (C=O) groups is 1. The Balaban J connectivity index is 1.53. The minimum atomic E-state index is -0.0856. The SMILES string of the molecule is C=CC(=O)N1CCC[C@H](n2nc(-c3ccc(Oc4ccccc4)cc3)c3cncc(C#N)c32)C1. The maximum Gasteiger partial charge on any atom is 0.246 e. The van der Waals surface area contributed by atoms with Gasteiger partial charge in [0.15, 0.2) is 0 Å². The lowest BCUT2D eigenvalue weighted by atomic mass is 10.0. The molecular formula is C27H23N5O2. The molecule has 1 atom stereocenters. The molecular weight excluding hydrogens is 426 g/mol. The van der Waals surface area contributed by atoms with Gasteiger partial charge in [0.2, 0.25) is 5.91 Å². The van der Waals surface area contributed by atoms with Gasteiger partial charge in [-0.2, -0.15) is 10.4 Å². The summed E-state index contributed by atoms with van der Waals surface area (Å²) in [4.78, 5) is 18.3. The lowest BCUT2D eigenvalue weighted by molar-refractivity contribution is -0.127. The standard InChI is InChI=1S/C27H23N5O2/c1-2-25(33)31-14-6-7-21(18-31)32-27-20(15-28)16-29-17-24(27)26(30-32)19-10-12-23(13-11-19)34-22-8-4-3-5-9-22/h2-5,8-13,16-17,21H,1,6-7,14,18H2/t21-/m0/s1. The average Bonchev–Trinajstić information content (AvgIpc) is 3.29. The molecule has 1 saturated heterocycles. The Hall–Kier alpha value is -4.44. The highest BCUT2D eigenvalue weighted by Gasteiger charge is 2.27. The van der Waals surface area contributed by atoms with E-state index in [1.54, 1.807) is 17.3 Å². The van der Waals surface area contributed by atoms with E-state index in [2.05, 4.69) is 17.6 Å². The average molecular weight is 450 g/mol. The van der Waals surface area contributed by atoms with Crippen LogP contribution >= 0.6 is 0 Å². The molecule has 0 spiro atoms. The fourth-order valence-electron chi connectivity index (χ4n) is 4.43. The van der Waals surface area contributed by atoms with Gasteiger partial charge in [-0.1, -0.05) is 24.8 Å². The van der Waals surface area contributed by atoms with Gasteiger partial charge >= 0.3 is 0 Å². The van der Waals surface area contributed by atoms with Crippen LogP contribution in [-0.2, 0) is 4.79 Å². The molecule has 0 N–H and O–H groups in total. The second-order valence-corrected chi connectivity index (χ2v) is 8.21. The van der Waals surface area contributed by atoms with E-state index in [9.17, 15) is 10.1 Å². The zero-order valence-corrected chi connectivity index (χ0v) is 18.6. The Morgan fingerprint density at radius 2 is 1.88 bits per heavy atom. The number of hydrogen-bond acceptors (Lipinski definition) is 5. The summed E-state index contributed by atoms with van der Waals surface area (Å²) in [5.41, 5.74) is 2.86. The number of pyridine rings is 1. The molecule has 0 radical (unpaired) electrons. The number of ether oxygens (including phenoxy) is 1. The number of likely N-dealkylation sites (tertiary alicyclic amines) is 1. The van der Waals surface area contributed by atoms with Crippen LogP contribution in [-0.4, -0.2) is 38.7 Å². The van der Waals surface area contributed by atoms with Crippen molar-refractivity contribution in [3.63, 3.8) is 0 Å². The number of nitriles is 1. The van der Waals surface area contributed by atoms with E-state index in [0.717, 1.165) is 46.5 Å². The minimum Gasteiger partial charge on any atom is -0.457 e. The number of rotatable bonds is 5. The van der Waals surface area contributed by atoms with Crippen molar-refractivity contribution in [2.24, 2.45) is 0 Å². The number of benzene rings is 2. The lowest BCUT2D eigenvalue weighted by Gasteiger charge is -2.32. The van der Waals surface area contributed by atoms with E-state index < -0.39 is 0 Å². The predicted molar refractivity (Wildman–Crippen MR) is 129 cm³/mol. The molecule has 7 heteroatoms. The molecule has 1 aliphatic rings. The minimum absolute atomic E-state index is 0.0379. The Bertz CT molecular complexity index is 1390. The number of amides is 1. The molecule has 1 amide bonds. The number of piperidine rings is 1. The van der Waals surface area contributed by atoms with E-state index in [4.69, 9.17) is 9.84 Å². The van der Waals surface area contributed by atoms with Crippen LogP contribution in [0.5, 0.6) is 11.5 Å². The fraction of sp³-hybridized carbons (Fsp3) is 0.185. The monoisotopic (exact) mass is 449 g/mol. The highest BCUT2D eigenvalue weighted by atomic mass is 16.5. The highest BCUT2D eigenvalue weighted by Crippen LogP contribution is 2.34. The van der Waals surface area contributed by atoms with Crippen LogP contribution in [0.1, 0.15) is 24.4 Å². The quantitative estimate of drug-likeness (QED) is 0.395. The molecule has 0 bridgehead atoms. The molecule has 0 unspecified atom stereocenters. The molecule has 5 rings (SSSR count). The predicted octanol–water partition coefficient (Wildman–Crippen LogP) is 5.11. The molecule has 3 heterocycles. The van der Waals surface area contributed by atoms with E-state index in [1.165, 1.54) is 6.08 Å². The van der Waals surface area contributed by atoms with E-state index in [0.29, 0.717) is 18.7 Å². The van der Waals surface area contributed by atoms with Crippen LogP contribution in [0.3, 0.4) is 0 Å². The summed E-state index contributed by atoms with van der Waals surface area (Å²) in [7, 11) is 0. The molecule has 4 aromatic rings. The van der Waals surface area contributed by atoms with Gasteiger partial charge in [-0.15, -0.1) is 0 Å². The van der Waals surface area contributed by atoms with Gasteiger partial charge < -0.3 is 9.64 Å². The summed E-state index contributed by atoms with van der Waals surface area (Å²) in [6.07, 6.45) is 6.39. The number of aromatic nitrogens is 3. The van der Waals surface area contributed by atoms with Crippen molar-refractivity contribution >= 4 is 16.8 Å². The van der Waals surface area contributed by atoms with Crippen LogP contribution in [0.2, 0.25) is 0 Å². The van der Waals surface area contributed by atoms with Gasteiger partial charge in [-0.3, -0.25) is 14.5 Å². The molecule has 0 aliphatic carbocycles. The molecule has 2 aromatic heterocycles. The third kappa shape index (κ3) is 4.02. The number of nitrogens with zero attached hydrogens (tertiary/aromatic N) is 5. The van der Waals surface area contributed by atoms with Gasteiger partial charge in [-0.05, 0) is 55.3 Å². The van der Waals surface area contributed by atoms with Crippen LogP contribution in [0.25, 0.3) is 22.2 Å². The summed E-state index contributed by atoms with van der Waals surface area (Å²) in [5.74, 6) is 1.40. The molecule has 7 nitrogen and oxygen atoms in total. The van der Waals surface area contributed by atoms with E-state index in [-0.39, 0.29) is 11.9 Å². The van der Waals surface area contributed by atoms with Gasteiger partial charge in [0.05, 0.1) is 17.1 Å². The summed E-state index contributed by atoms with van der Waals surface area (Å²) in [5, 5.41) is 15.5. The Kier molecular flexibility index (Phi) is 5.79. The van der Waals surface area contributed by atoms with Crippen LogP contribution in [0.15, 0.2) is 79.6 Å². The zero-order chi connectivity index (χ0) is 23.5. The van der Waals surface area contributed by atoms with E-state index >= 15 is 0 Å². The normalized spacial score (nSPS) is 15.6. The maximum absolute atomic E-state index is 12.2.